The molecule has 1 aromatic carbocycles. The first-order valence-electron chi connectivity index (χ1n) is 8.71. The van der Waals surface area contributed by atoms with E-state index in [2.05, 4.69) is 15.6 Å². The van der Waals surface area contributed by atoms with Crippen LogP contribution >= 0.6 is 24.0 Å². The number of aliphatic imine (C=N–C) groups is 1. The van der Waals surface area contributed by atoms with Crippen LogP contribution in [0.15, 0.2) is 29.3 Å². The Morgan fingerprint density at radius 3 is 2.68 bits per heavy atom. The molecule has 142 valence electrons. The maximum absolute atomic E-state index is 12.9. The molecule has 0 spiro atoms. The van der Waals surface area contributed by atoms with Gasteiger partial charge in [0.15, 0.2) is 5.96 Å². The quantitative estimate of drug-likeness (QED) is 0.373. The summed E-state index contributed by atoms with van der Waals surface area (Å²) in [6.07, 6.45) is 5.03. The third-order valence-corrected chi connectivity index (χ3v) is 6.21. The Hall–Kier alpha value is -0.700. The second kappa shape index (κ2) is 11.8. The third kappa shape index (κ3) is 7.60. The molecular weight excluding hydrogens is 452 g/mol. The maximum atomic E-state index is 12.9. The molecule has 25 heavy (non-hydrogen) atoms. The SMILES string of the molecule is CCS(=O)C1CCCC(NC(=NC)NCCc2ccc(F)cc2)C1.I. The molecule has 3 unspecified atom stereocenters. The summed E-state index contributed by atoms with van der Waals surface area (Å²) in [5.41, 5.74) is 1.09. The number of nitrogens with one attached hydrogen (secondary N) is 2. The highest BCUT2D eigenvalue weighted by atomic mass is 127. The Balaban J connectivity index is 0.00000312. The van der Waals surface area contributed by atoms with E-state index in [-0.39, 0.29) is 29.8 Å². The molecule has 2 rings (SSSR count). The fourth-order valence-corrected chi connectivity index (χ4v) is 4.46. The fraction of sp³-hybridized carbons (Fsp3) is 0.611. The highest BCUT2D eigenvalue weighted by Crippen LogP contribution is 2.22. The van der Waals surface area contributed by atoms with Gasteiger partial charge in [-0.3, -0.25) is 9.20 Å². The number of hydrogen-bond donors (Lipinski definition) is 2. The molecule has 0 bridgehead atoms. The van der Waals surface area contributed by atoms with Gasteiger partial charge in [0.1, 0.15) is 5.82 Å². The van der Waals surface area contributed by atoms with Crippen molar-refractivity contribution >= 4 is 40.7 Å². The van der Waals surface area contributed by atoms with E-state index >= 15 is 0 Å². The summed E-state index contributed by atoms with van der Waals surface area (Å²) in [4.78, 5) is 4.28. The zero-order valence-electron chi connectivity index (χ0n) is 15.0. The molecule has 3 atom stereocenters. The van der Waals surface area contributed by atoms with Crippen LogP contribution in [0.3, 0.4) is 0 Å². The van der Waals surface area contributed by atoms with E-state index < -0.39 is 10.8 Å². The van der Waals surface area contributed by atoms with E-state index in [1.54, 1.807) is 19.2 Å². The predicted octanol–water partition coefficient (Wildman–Crippen LogP) is 3.23. The molecule has 7 heteroatoms. The first kappa shape index (κ1) is 22.3. The van der Waals surface area contributed by atoms with Crippen LogP contribution in [0.4, 0.5) is 4.39 Å². The van der Waals surface area contributed by atoms with Gasteiger partial charge in [-0.25, -0.2) is 4.39 Å². The molecule has 1 aliphatic rings. The monoisotopic (exact) mass is 481 g/mol. The molecule has 0 saturated heterocycles. The van der Waals surface area contributed by atoms with Gasteiger partial charge in [0.25, 0.3) is 0 Å². The zero-order valence-corrected chi connectivity index (χ0v) is 18.1. The molecule has 0 radical (unpaired) electrons. The third-order valence-electron chi connectivity index (χ3n) is 4.47. The Labute approximate surface area is 169 Å². The number of rotatable bonds is 6. The number of halogens is 2. The van der Waals surface area contributed by atoms with Gasteiger partial charge in [-0.2, -0.15) is 0 Å². The molecule has 1 aliphatic carbocycles. The van der Waals surface area contributed by atoms with Crippen LogP contribution in [-0.4, -0.2) is 40.8 Å². The largest absolute Gasteiger partial charge is 0.356 e. The van der Waals surface area contributed by atoms with E-state index in [4.69, 9.17) is 0 Å². The summed E-state index contributed by atoms with van der Waals surface area (Å²) < 4.78 is 24.9. The van der Waals surface area contributed by atoms with Crippen LogP contribution in [-0.2, 0) is 17.2 Å². The van der Waals surface area contributed by atoms with E-state index in [0.29, 0.717) is 11.3 Å². The topological polar surface area (TPSA) is 53.5 Å². The van der Waals surface area contributed by atoms with Gasteiger partial charge < -0.3 is 10.6 Å². The van der Waals surface area contributed by atoms with E-state index in [9.17, 15) is 8.60 Å². The number of benzene rings is 1. The molecule has 2 N–H and O–H groups in total. The van der Waals surface area contributed by atoms with Crippen molar-refractivity contribution in [2.45, 2.75) is 50.3 Å². The Kier molecular flexibility index (Phi) is 10.6. The fourth-order valence-electron chi connectivity index (χ4n) is 3.11. The van der Waals surface area contributed by atoms with E-state index in [0.717, 1.165) is 55.9 Å². The number of nitrogens with zero attached hydrogens (tertiary/aromatic N) is 1. The molecule has 0 aliphatic heterocycles. The van der Waals surface area contributed by atoms with Gasteiger partial charge >= 0.3 is 0 Å². The van der Waals surface area contributed by atoms with Crippen LogP contribution in [0.25, 0.3) is 0 Å². The number of guanidine groups is 1. The van der Waals surface area contributed by atoms with Crippen LogP contribution in [0.1, 0.15) is 38.2 Å². The first-order chi connectivity index (χ1) is 11.6. The van der Waals surface area contributed by atoms with Crippen LogP contribution in [0.5, 0.6) is 0 Å². The Morgan fingerprint density at radius 2 is 2.04 bits per heavy atom. The number of hydrogen-bond acceptors (Lipinski definition) is 2. The lowest BCUT2D eigenvalue weighted by Crippen LogP contribution is -2.47. The first-order valence-corrected chi connectivity index (χ1v) is 10.1. The van der Waals surface area contributed by atoms with Gasteiger partial charge in [-0.15, -0.1) is 24.0 Å². The van der Waals surface area contributed by atoms with Crippen LogP contribution in [0, 0.1) is 5.82 Å². The highest BCUT2D eigenvalue weighted by molar-refractivity contribution is 14.0. The predicted molar refractivity (Wildman–Crippen MR) is 115 cm³/mol. The van der Waals surface area contributed by atoms with E-state index in [1.807, 2.05) is 6.92 Å². The molecule has 0 amide bonds. The summed E-state index contributed by atoms with van der Waals surface area (Å²) in [7, 11) is 1.05. The maximum Gasteiger partial charge on any atom is 0.191 e. The van der Waals surface area contributed by atoms with E-state index in [1.165, 1.54) is 12.1 Å². The average Bonchev–Trinajstić information content (AvgIpc) is 2.62. The minimum atomic E-state index is -0.714. The van der Waals surface area contributed by atoms with Gasteiger partial charge in [0.2, 0.25) is 0 Å². The van der Waals surface area contributed by atoms with Crippen molar-refractivity contribution in [3.05, 3.63) is 35.6 Å². The van der Waals surface area contributed by atoms with Crippen molar-refractivity contribution in [2.24, 2.45) is 4.99 Å². The summed E-state index contributed by atoms with van der Waals surface area (Å²) in [5, 5.41) is 7.07. The van der Waals surface area contributed by atoms with Crippen molar-refractivity contribution in [3.8, 4) is 0 Å². The lowest BCUT2D eigenvalue weighted by Gasteiger charge is -2.30. The minimum absolute atomic E-state index is 0. The van der Waals surface area contributed by atoms with Crippen LogP contribution in [0.2, 0.25) is 0 Å². The van der Waals surface area contributed by atoms with Gasteiger partial charge in [0, 0.05) is 41.4 Å². The lowest BCUT2D eigenvalue weighted by atomic mass is 9.95. The van der Waals surface area contributed by atoms with Crippen molar-refractivity contribution in [2.75, 3.05) is 19.3 Å². The molecule has 1 saturated carbocycles. The summed E-state index contributed by atoms with van der Waals surface area (Å²) in [6, 6.07) is 6.91. The highest BCUT2D eigenvalue weighted by Gasteiger charge is 2.25. The van der Waals surface area contributed by atoms with Crippen molar-refractivity contribution in [3.63, 3.8) is 0 Å². The summed E-state index contributed by atoms with van der Waals surface area (Å²) >= 11 is 0. The molecule has 1 fully saturated rings. The Bertz CT molecular complexity index is 568. The normalized spacial score (nSPS) is 22.0. The minimum Gasteiger partial charge on any atom is -0.356 e. The van der Waals surface area contributed by atoms with Crippen molar-refractivity contribution < 1.29 is 8.60 Å². The molecular formula is C18H29FIN3OS. The van der Waals surface area contributed by atoms with Gasteiger partial charge in [-0.1, -0.05) is 25.5 Å². The van der Waals surface area contributed by atoms with Crippen molar-refractivity contribution in [1.82, 2.24) is 10.6 Å². The standard InChI is InChI=1S/C18H28FN3OS.HI/c1-3-24(23)17-6-4-5-16(13-17)22-18(20-2)21-12-11-14-7-9-15(19)10-8-14;/h7-10,16-17H,3-6,11-13H2,1-2H3,(H2,20,21,22);1H. The second-order valence-corrected chi connectivity index (χ2v) is 8.18. The molecule has 0 aromatic heterocycles. The second-order valence-electron chi connectivity index (χ2n) is 6.17. The Morgan fingerprint density at radius 1 is 1.32 bits per heavy atom. The smallest absolute Gasteiger partial charge is 0.191 e. The molecule has 4 nitrogen and oxygen atoms in total. The average molecular weight is 481 g/mol. The molecule has 1 aromatic rings. The summed E-state index contributed by atoms with van der Waals surface area (Å²) in [6.45, 7) is 2.73. The zero-order chi connectivity index (χ0) is 17.4. The van der Waals surface area contributed by atoms with Crippen molar-refractivity contribution in [1.29, 1.82) is 0 Å². The van der Waals surface area contributed by atoms with Gasteiger partial charge in [0.05, 0.1) is 0 Å². The van der Waals surface area contributed by atoms with Gasteiger partial charge in [-0.05, 0) is 43.4 Å². The summed E-state index contributed by atoms with van der Waals surface area (Å²) in [5.74, 6) is 1.31. The van der Waals surface area contributed by atoms with Crippen LogP contribution < -0.4 is 10.6 Å². The lowest BCUT2D eigenvalue weighted by molar-refractivity contribution is 0.413. The molecule has 0 heterocycles.